The Kier molecular flexibility index (Phi) is 6.39. The molecule has 35 heavy (non-hydrogen) atoms. The van der Waals surface area contributed by atoms with Gasteiger partial charge in [0.05, 0.1) is 7.11 Å². The second-order valence-electron chi connectivity index (χ2n) is 7.96. The van der Waals surface area contributed by atoms with Gasteiger partial charge in [0.2, 0.25) is 5.90 Å². The maximum absolute atomic E-state index is 12.5. The summed E-state index contributed by atoms with van der Waals surface area (Å²) in [5.41, 5.74) is 4.99. The van der Waals surface area contributed by atoms with Crippen molar-refractivity contribution in [2.24, 2.45) is 4.99 Å². The van der Waals surface area contributed by atoms with Crippen molar-refractivity contribution in [3.8, 4) is 22.6 Å². The number of ether oxygens (including phenoxy) is 3. The fourth-order valence-electron chi connectivity index (χ4n) is 3.75. The number of hydrogen-bond donors (Lipinski definition) is 0. The number of hydrogen-bond acceptors (Lipinski definition) is 5. The third kappa shape index (κ3) is 5.14. The van der Waals surface area contributed by atoms with E-state index in [0.29, 0.717) is 18.1 Å². The second-order valence-corrected chi connectivity index (χ2v) is 7.96. The van der Waals surface area contributed by atoms with Crippen molar-refractivity contribution in [1.29, 1.82) is 0 Å². The summed E-state index contributed by atoms with van der Waals surface area (Å²) in [7, 11) is 1.58. The van der Waals surface area contributed by atoms with Crippen molar-refractivity contribution >= 4 is 17.9 Å². The first-order valence-electron chi connectivity index (χ1n) is 11.2. The van der Waals surface area contributed by atoms with Crippen LogP contribution in [0.4, 0.5) is 0 Å². The zero-order chi connectivity index (χ0) is 24.0. The van der Waals surface area contributed by atoms with Gasteiger partial charge < -0.3 is 14.2 Å². The molecule has 1 heterocycles. The summed E-state index contributed by atoms with van der Waals surface area (Å²) in [5.74, 6) is 0.990. The van der Waals surface area contributed by atoms with Gasteiger partial charge in [-0.2, -0.15) is 0 Å². The first kappa shape index (κ1) is 22.2. The van der Waals surface area contributed by atoms with Crippen molar-refractivity contribution < 1.29 is 19.0 Å². The number of methoxy groups -OCH3 is 1. The molecule has 0 N–H and O–H groups in total. The van der Waals surface area contributed by atoms with Gasteiger partial charge in [-0.05, 0) is 52.6 Å². The van der Waals surface area contributed by atoms with E-state index >= 15 is 0 Å². The molecule has 0 atom stereocenters. The number of rotatable bonds is 7. The minimum absolute atomic E-state index is 0.229. The van der Waals surface area contributed by atoms with Crippen molar-refractivity contribution in [2.75, 3.05) is 7.11 Å². The Labute approximate surface area is 203 Å². The van der Waals surface area contributed by atoms with Gasteiger partial charge in [0, 0.05) is 5.56 Å². The Morgan fingerprint density at radius 2 is 1.43 bits per heavy atom. The molecule has 0 spiro atoms. The number of esters is 1. The van der Waals surface area contributed by atoms with Crippen LogP contribution in [0.3, 0.4) is 0 Å². The lowest BCUT2D eigenvalue weighted by atomic mass is 10.0. The Morgan fingerprint density at radius 3 is 2.14 bits per heavy atom. The Hall–Kier alpha value is -4.64. The van der Waals surface area contributed by atoms with Gasteiger partial charge in [0.15, 0.2) is 17.2 Å². The molecule has 5 rings (SSSR count). The van der Waals surface area contributed by atoms with Crippen molar-refractivity contribution in [3.05, 3.63) is 126 Å². The molecule has 0 aliphatic carbocycles. The molecule has 0 radical (unpaired) electrons. The molecule has 0 bridgehead atoms. The first-order valence-corrected chi connectivity index (χ1v) is 11.2. The minimum atomic E-state index is -0.490. The van der Waals surface area contributed by atoms with E-state index in [1.54, 1.807) is 13.2 Å². The smallest absolute Gasteiger partial charge is 0.363 e. The highest BCUT2D eigenvalue weighted by Gasteiger charge is 2.24. The molecule has 0 unspecified atom stereocenters. The van der Waals surface area contributed by atoms with E-state index in [4.69, 9.17) is 14.2 Å². The lowest BCUT2D eigenvalue weighted by Gasteiger charge is -2.11. The van der Waals surface area contributed by atoms with Gasteiger partial charge in [-0.15, -0.1) is 0 Å². The van der Waals surface area contributed by atoms with Gasteiger partial charge in [0.1, 0.15) is 6.61 Å². The van der Waals surface area contributed by atoms with Crippen LogP contribution in [0.1, 0.15) is 16.7 Å². The molecule has 1 aliphatic rings. The van der Waals surface area contributed by atoms with E-state index in [1.165, 1.54) is 0 Å². The quantitative estimate of drug-likeness (QED) is 0.240. The van der Waals surface area contributed by atoms with Crippen molar-refractivity contribution in [1.82, 2.24) is 0 Å². The van der Waals surface area contributed by atoms with E-state index in [9.17, 15) is 4.79 Å². The number of carbonyl (C=O) groups is 1. The molecule has 0 amide bonds. The summed E-state index contributed by atoms with van der Waals surface area (Å²) in [4.78, 5) is 16.9. The number of nitrogens with zero attached hydrogens (tertiary/aromatic N) is 1. The lowest BCUT2D eigenvalue weighted by Crippen LogP contribution is -2.05. The topological polar surface area (TPSA) is 57.1 Å². The number of benzene rings is 4. The van der Waals surface area contributed by atoms with Crippen LogP contribution >= 0.6 is 0 Å². The van der Waals surface area contributed by atoms with Crippen LogP contribution in [0, 0.1) is 0 Å². The van der Waals surface area contributed by atoms with Crippen LogP contribution in [0.25, 0.3) is 17.2 Å². The largest absolute Gasteiger partial charge is 0.493 e. The van der Waals surface area contributed by atoms with Gasteiger partial charge in [-0.3, -0.25) is 0 Å². The molecule has 5 nitrogen and oxygen atoms in total. The monoisotopic (exact) mass is 461 g/mol. The summed E-state index contributed by atoms with van der Waals surface area (Å²) in [6.45, 7) is 0.431. The molecular formula is C30H23NO4. The van der Waals surface area contributed by atoms with Crippen molar-refractivity contribution in [3.63, 3.8) is 0 Å². The Morgan fingerprint density at radius 1 is 0.771 bits per heavy atom. The molecule has 5 heteroatoms. The zero-order valence-corrected chi connectivity index (χ0v) is 19.2. The average Bonchev–Trinajstić information content (AvgIpc) is 3.28. The zero-order valence-electron chi connectivity index (χ0n) is 19.2. The van der Waals surface area contributed by atoms with Crippen LogP contribution in [-0.2, 0) is 16.1 Å². The van der Waals surface area contributed by atoms with E-state index in [2.05, 4.69) is 17.1 Å². The van der Waals surface area contributed by atoms with E-state index in [0.717, 1.165) is 27.8 Å². The third-order valence-electron chi connectivity index (χ3n) is 5.59. The molecule has 0 fully saturated rings. The minimum Gasteiger partial charge on any atom is -0.493 e. The van der Waals surface area contributed by atoms with Crippen LogP contribution in [0.15, 0.2) is 114 Å². The summed E-state index contributed by atoms with van der Waals surface area (Å²) >= 11 is 0. The molecule has 0 aromatic heterocycles. The highest BCUT2D eigenvalue weighted by Crippen LogP contribution is 2.30. The van der Waals surface area contributed by atoms with Crippen LogP contribution in [0.2, 0.25) is 0 Å². The molecular weight excluding hydrogens is 438 g/mol. The Bertz CT molecular complexity index is 1390. The van der Waals surface area contributed by atoms with E-state index in [-0.39, 0.29) is 11.6 Å². The second kappa shape index (κ2) is 10.1. The fourth-order valence-corrected chi connectivity index (χ4v) is 3.75. The molecule has 0 saturated carbocycles. The number of aliphatic imine (C=N–C) groups is 1. The molecule has 1 aliphatic heterocycles. The predicted octanol–water partition coefficient (Wildman–Crippen LogP) is 6.29. The number of cyclic esters (lactones) is 1. The fraction of sp³-hybridized carbons (Fsp3) is 0.0667. The Balaban J connectivity index is 1.33. The molecule has 4 aromatic carbocycles. The van der Waals surface area contributed by atoms with Gasteiger partial charge in [-0.25, -0.2) is 9.79 Å². The van der Waals surface area contributed by atoms with E-state index < -0.39 is 5.97 Å². The molecule has 4 aromatic rings. The maximum atomic E-state index is 12.5. The highest BCUT2D eigenvalue weighted by atomic mass is 16.6. The highest BCUT2D eigenvalue weighted by molar-refractivity contribution is 6.13. The summed E-state index contributed by atoms with van der Waals surface area (Å²) in [6.07, 6.45) is 1.68. The lowest BCUT2D eigenvalue weighted by molar-refractivity contribution is -0.129. The normalized spacial score (nSPS) is 13.9. The summed E-state index contributed by atoms with van der Waals surface area (Å²) in [6, 6.07) is 33.3. The first-order chi connectivity index (χ1) is 17.2. The summed E-state index contributed by atoms with van der Waals surface area (Å²) in [5, 5.41) is 0. The third-order valence-corrected chi connectivity index (χ3v) is 5.59. The molecule has 172 valence electrons. The predicted molar refractivity (Wildman–Crippen MR) is 136 cm³/mol. The van der Waals surface area contributed by atoms with Gasteiger partial charge in [-0.1, -0.05) is 78.9 Å². The standard InChI is InChI=1S/C30H23NO4/c1-33-28-19-22(12-17-27(28)34-20-21-8-4-2-5-9-21)18-26-30(32)35-29(31-26)25-15-13-24(14-16-25)23-10-6-3-7-11-23/h2-19H,20H2,1H3/b26-18-. The van der Waals surface area contributed by atoms with Crippen LogP contribution in [-0.4, -0.2) is 19.0 Å². The van der Waals surface area contributed by atoms with Gasteiger partial charge >= 0.3 is 5.97 Å². The summed E-state index contributed by atoms with van der Waals surface area (Å²) < 4.78 is 16.8. The van der Waals surface area contributed by atoms with Crippen LogP contribution in [0.5, 0.6) is 11.5 Å². The van der Waals surface area contributed by atoms with Crippen LogP contribution < -0.4 is 9.47 Å². The average molecular weight is 462 g/mol. The number of carbonyl (C=O) groups excluding carboxylic acids is 1. The molecule has 0 saturated heterocycles. The maximum Gasteiger partial charge on any atom is 0.363 e. The van der Waals surface area contributed by atoms with Crippen molar-refractivity contribution in [2.45, 2.75) is 6.61 Å². The van der Waals surface area contributed by atoms with E-state index in [1.807, 2.05) is 91.0 Å². The SMILES string of the molecule is COc1cc(/C=C2\N=C(c3ccc(-c4ccccc4)cc3)OC2=O)ccc1OCc1ccccc1. The van der Waals surface area contributed by atoms with Gasteiger partial charge in [0.25, 0.3) is 0 Å².